The third-order valence-corrected chi connectivity index (χ3v) is 6.79. The van der Waals surface area contributed by atoms with Gasteiger partial charge in [-0.05, 0) is 90.4 Å². The van der Waals surface area contributed by atoms with Crippen molar-refractivity contribution >= 4 is 0 Å². The van der Waals surface area contributed by atoms with E-state index in [-0.39, 0.29) is 13.1 Å². The van der Waals surface area contributed by atoms with E-state index in [1.807, 2.05) is 36.4 Å². The number of unbranched alkanes of at least 4 members (excludes halogenated alkanes) is 1. The molecule has 0 aliphatic carbocycles. The van der Waals surface area contributed by atoms with Crippen LogP contribution in [0.1, 0.15) is 45.4 Å². The van der Waals surface area contributed by atoms with Gasteiger partial charge in [-0.3, -0.25) is 0 Å². The van der Waals surface area contributed by atoms with Crippen molar-refractivity contribution in [2.24, 2.45) is 0 Å². The largest absolute Gasteiger partial charge is 0.494 e. The molecule has 0 bridgehead atoms. The first-order valence-corrected chi connectivity index (χ1v) is 14.8. The van der Waals surface area contributed by atoms with E-state index in [4.69, 9.17) is 33.2 Å². The van der Waals surface area contributed by atoms with Crippen LogP contribution in [0.15, 0.2) is 66.7 Å². The van der Waals surface area contributed by atoms with Crippen LogP contribution in [-0.4, -0.2) is 59.8 Å². The van der Waals surface area contributed by atoms with Crippen molar-refractivity contribution in [3.8, 4) is 39.5 Å². The summed E-state index contributed by atoms with van der Waals surface area (Å²) in [5.41, 5.74) is 4.25. The molecule has 1 unspecified atom stereocenters. The van der Waals surface area contributed by atoms with E-state index in [1.165, 1.54) is 6.42 Å². The molecule has 1 heterocycles. The Morgan fingerprint density at radius 3 is 1.90 bits per heavy atom. The molecule has 4 rings (SSSR count). The number of methoxy groups -OCH3 is 1. The van der Waals surface area contributed by atoms with Gasteiger partial charge in [-0.1, -0.05) is 37.6 Å². The molecule has 0 saturated carbocycles. The minimum atomic E-state index is -0.0540. The molecule has 7 heteroatoms. The Labute approximate surface area is 244 Å². The molecule has 1 aliphatic rings. The number of hydrogen-bond acceptors (Lipinski definition) is 7. The molecule has 0 spiro atoms. The minimum Gasteiger partial charge on any atom is -0.494 e. The predicted octanol–water partition coefficient (Wildman–Crippen LogP) is 7.51. The molecule has 3 aromatic rings. The average Bonchev–Trinajstić information content (AvgIpc) is 3.02. The van der Waals surface area contributed by atoms with Gasteiger partial charge in [-0.2, -0.15) is 0 Å². The summed E-state index contributed by atoms with van der Waals surface area (Å²) in [5.74, 6) is 2.45. The molecule has 0 N–H and O–H groups in total. The van der Waals surface area contributed by atoms with Gasteiger partial charge in [-0.15, -0.1) is 0 Å². The Morgan fingerprint density at radius 2 is 1.32 bits per heavy atom. The summed E-state index contributed by atoms with van der Waals surface area (Å²) < 4.78 is 39.8. The zero-order chi connectivity index (χ0) is 28.5. The van der Waals surface area contributed by atoms with Crippen molar-refractivity contribution in [2.45, 2.75) is 51.7 Å². The van der Waals surface area contributed by atoms with E-state index < -0.39 is 0 Å². The smallest absolute Gasteiger partial charge is 0.189 e. The fourth-order valence-corrected chi connectivity index (χ4v) is 4.45. The summed E-state index contributed by atoms with van der Waals surface area (Å²) in [6.07, 6.45) is 6.21. The van der Waals surface area contributed by atoms with Crippen molar-refractivity contribution < 1.29 is 33.2 Å². The first-order chi connectivity index (χ1) is 20.2. The van der Waals surface area contributed by atoms with E-state index in [1.54, 1.807) is 7.11 Å². The molecule has 0 radical (unpaired) electrons. The highest BCUT2D eigenvalue weighted by Gasteiger charge is 2.13. The monoisotopic (exact) mass is 564 g/mol. The van der Waals surface area contributed by atoms with E-state index in [0.29, 0.717) is 26.4 Å². The van der Waals surface area contributed by atoms with E-state index in [9.17, 15) is 0 Å². The molecule has 222 valence electrons. The molecule has 41 heavy (non-hydrogen) atoms. The standard InChI is InChI=1S/C34H44O7/c1-3-4-17-37-31-13-9-27(10-14-31)29-23-30(25-33(24-29)41-26-36-22-21-35-2)28-11-15-32(16-12-28)38-19-7-20-40-34-8-5-6-18-39-34/h9-16,23-25,34H,3-8,17-22,26H2,1-2H3. The maximum atomic E-state index is 5.96. The number of benzene rings is 3. The van der Waals surface area contributed by atoms with Crippen molar-refractivity contribution in [1.29, 1.82) is 0 Å². The lowest BCUT2D eigenvalue weighted by molar-refractivity contribution is -0.163. The molecule has 1 aliphatic heterocycles. The van der Waals surface area contributed by atoms with Crippen LogP contribution in [0.25, 0.3) is 22.3 Å². The van der Waals surface area contributed by atoms with Gasteiger partial charge in [0, 0.05) is 20.1 Å². The van der Waals surface area contributed by atoms with Gasteiger partial charge in [0.1, 0.15) is 17.2 Å². The number of ether oxygens (including phenoxy) is 7. The fraction of sp³-hybridized carbons (Fsp3) is 0.471. The highest BCUT2D eigenvalue weighted by Crippen LogP contribution is 2.33. The van der Waals surface area contributed by atoms with Crippen molar-refractivity contribution in [3.63, 3.8) is 0 Å². The zero-order valence-electron chi connectivity index (χ0n) is 24.5. The van der Waals surface area contributed by atoms with Crippen LogP contribution in [0.2, 0.25) is 0 Å². The first kappa shape index (κ1) is 30.8. The average molecular weight is 565 g/mol. The van der Waals surface area contributed by atoms with Crippen LogP contribution in [0.3, 0.4) is 0 Å². The Balaban J connectivity index is 1.39. The zero-order valence-corrected chi connectivity index (χ0v) is 24.5. The second-order valence-corrected chi connectivity index (χ2v) is 10.0. The lowest BCUT2D eigenvalue weighted by atomic mass is 9.98. The van der Waals surface area contributed by atoms with Gasteiger partial charge in [0.15, 0.2) is 13.1 Å². The van der Waals surface area contributed by atoms with Crippen LogP contribution < -0.4 is 14.2 Å². The highest BCUT2D eigenvalue weighted by molar-refractivity contribution is 5.75. The third kappa shape index (κ3) is 10.7. The Bertz CT molecular complexity index is 1120. The summed E-state index contributed by atoms with van der Waals surface area (Å²) in [6.45, 7) is 6.08. The molecule has 1 fully saturated rings. The van der Waals surface area contributed by atoms with E-state index in [0.717, 1.165) is 84.8 Å². The number of rotatable bonds is 18. The van der Waals surface area contributed by atoms with Crippen molar-refractivity contribution in [2.75, 3.05) is 53.5 Å². The van der Waals surface area contributed by atoms with Crippen LogP contribution in [0.4, 0.5) is 0 Å². The molecular weight excluding hydrogens is 520 g/mol. The maximum absolute atomic E-state index is 5.96. The molecule has 1 atom stereocenters. The second-order valence-electron chi connectivity index (χ2n) is 10.0. The van der Waals surface area contributed by atoms with Gasteiger partial charge in [0.05, 0.1) is 33.0 Å². The molecular formula is C34H44O7. The summed E-state index contributed by atoms with van der Waals surface area (Å²) in [6, 6.07) is 22.6. The minimum absolute atomic E-state index is 0.0540. The van der Waals surface area contributed by atoms with E-state index >= 15 is 0 Å². The Hall–Kier alpha value is -3.10. The molecule has 0 aromatic heterocycles. The van der Waals surface area contributed by atoms with Crippen LogP contribution in [0, 0.1) is 0 Å². The van der Waals surface area contributed by atoms with Gasteiger partial charge < -0.3 is 33.2 Å². The second kappa shape index (κ2) is 17.7. The molecule has 0 amide bonds. The molecule has 7 nitrogen and oxygen atoms in total. The highest BCUT2D eigenvalue weighted by atomic mass is 16.7. The summed E-state index contributed by atoms with van der Waals surface area (Å²) in [7, 11) is 1.65. The lowest BCUT2D eigenvalue weighted by Crippen LogP contribution is -2.23. The Morgan fingerprint density at radius 1 is 0.659 bits per heavy atom. The SMILES string of the molecule is CCCCOc1ccc(-c2cc(OCOCCOC)cc(-c3ccc(OCCCOC4CCCCO4)cc3)c2)cc1. The molecule has 3 aromatic carbocycles. The summed E-state index contributed by atoms with van der Waals surface area (Å²) >= 11 is 0. The summed E-state index contributed by atoms with van der Waals surface area (Å²) in [5, 5.41) is 0. The van der Waals surface area contributed by atoms with Gasteiger partial charge in [-0.25, -0.2) is 0 Å². The maximum Gasteiger partial charge on any atom is 0.189 e. The van der Waals surface area contributed by atoms with Gasteiger partial charge >= 0.3 is 0 Å². The van der Waals surface area contributed by atoms with Crippen LogP contribution in [-0.2, 0) is 18.9 Å². The normalized spacial score (nSPS) is 15.0. The van der Waals surface area contributed by atoms with Crippen molar-refractivity contribution in [1.82, 2.24) is 0 Å². The van der Waals surface area contributed by atoms with E-state index in [2.05, 4.69) is 37.3 Å². The van der Waals surface area contributed by atoms with Crippen molar-refractivity contribution in [3.05, 3.63) is 66.7 Å². The molecule has 1 saturated heterocycles. The van der Waals surface area contributed by atoms with Gasteiger partial charge in [0.25, 0.3) is 0 Å². The topological polar surface area (TPSA) is 64.6 Å². The predicted molar refractivity (Wildman–Crippen MR) is 161 cm³/mol. The lowest BCUT2D eigenvalue weighted by Gasteiger charge is -2.22. The third-order valence-electron chi connectivity index (χ3n) is 6.79. The Kier molecular flexibility index (Phi) is 13.3. The fourth-order valence-electron chi connectivity index (χ4n) is 4.45. The quantitative estimate of drug-likeness (QED) is 0.117. The number of hydrogen-bond donors (Lipinski definition) is 0. The summed E-state index contributed by atoms with van der Waals surface area (Å²) in [4.78, 5) is 0. The van der Waals surface area contributed by atoms with Crippen LogP contribution >= 0.6 is 0 Å². The van der Waals surface area contributed by atoms with Crippen LogP contribution in [0.5, 0.6) is 17.2 Å². The van der Waals surface area contributed by atoms with Gasteiger partial charge in [0.2, 0.25) is 0 Å². The first-order valence-electron chi connectivity index (χ1n) is 14.8.